The fourth-order valence-corrected chi connectivity index (χ4v) is 4.49. The standard InChI is InChI=1S/C31H35NO7/c1-4-20(2)37-15-5-7-29(34)22-9-11-24-25-12-10-23(30(35)8-6-16-38-21(3)13-14-33)18-27(25)28(26(24)17-22)19-39-31(32)36/h9-12,14,17-18,28H,2-8,13,15-16,19H2,1H3,(H2,32,36)/i/hD. The molecule has 206 valence electrons. The summed E-state index contributed by atoms with van der Waals surface area (Å²) in [5.74, 6) is 0.548. The molecule has 0 fully saturated rings. The number of hydrogen-bond donors (Lipinski definition) is 1. The molecule has 3 rings (SSSR count). The lowest BCUT2D eigenvalue weighted by molar-refractivity contribution is -0.107. The Labute approximate surface area is 230 Å². The van der Waals surface area contributed by atoms with Crippen LogP contribution in [0.4, 0.5) is 4.79 Å². The van der Waals surface area contributed by atoms with Gasteiger partial charge in [0.2, 0.25) is 0 Å². The number of nitrogens with two attached hydrogens (primary N) is 1. The average molecular weight is 535 g/mol. The lowest BCUT2D eigenvalue weighted by atomic mass is 9.93. The molecule has 0 aromatic heterocycles. The van der Waals surface area contributed by atoms with E-state index in [1.165, 1.54) is 0 Å². The molecule has 0 radical (unpaired) electrons. The summed E-state index contributed by atoms with van der Waals surface area (Å²) in [6.45, 7) is 10.0. The van der Waals surface area contributed by atoms with Crippen molar-refractivity contribution >= 4 is 23.9 Å². The molecule has 0 heterocycles. The number of allylic oxidation sites excluding steroid dienone is 2. The molecule has 0 aliphatic heterocycles. The number of benzene rings is 2. The van der Waals surface area contributed by atoms with E-state index < -0.39 is 12.0 Å². The highest BCUT2D eigenvalue weighted by atomic mass is 16.5. The molecular formula is C31H35NO7. The molecule has 1 atom stereocenters. The number of ketones is 2. The van der Waals surface area contributed by atoms with Gasteiger partial charge in [-0.15, -0.1) is 0 Å². The van der Waals surface area contributed by atoms with Gasteiger partial charge in [-0.25, -0.2) is 4.79 Å². The Bertz CT molecular complexity index is 1290. The van der Waals surface area contributed by atoms with Crippen molar-refractivity contribution in [3.8, 4) is 11.1 Å². The lowest BCUT2D eigenvalue weighted by Gasteiger charge is -2.15. The Morgan fingerprint density at radius 3 is 1.92 bits per heavy atom. The van der Waals surface area contributed by atoms with Crippen LogP contribution in [0, 0.1) is 0 Å². The number of ether oxygens (including phenoxy) is 3. The van der Waals surface area contributed by atoms with Gasteiger partial charge >= 0.3 is 6.09 Å². The van der Waals surface area contributed by atoms with Crippen LogP contribution in [0.5, 0.6) is 0 Å². The first kappa shape index (κ1) is 27.8. The zero-order valence-corrected chi connectivity index (χ0v) is 22.3. The third-order valence-corrected chi connectivity index (χ3v) is 6.58. The molecule has 1 aliphatic carbocycles. The summed E-state index contributed by atoms with van der Waals surface area (Å²) in [5.41, 5.74) is 6.19. The Hall–Kier alpha value is -4.20. The Balaban J connectivity index is 1.76. The lowest BCUT2D eigenvalue weighted by Crippen LogP contribution is -2.18. The predicted octanol–water partition coefficient (Wildman–Crippen LogP) is 5.88. The van der Waals surface area contributed by atoms with Crippen LogP contribution in [-0.2, 0) is 19.0 Å². The predicted molar refractivity (Wildman–Crippen MR) is 148 cm³/mol. The third-order valence-electron chi connectivity index (χ3n) is 6.58. The first-order valence-electron chi connectivity index (χ1n) is 13.5. The highest BCUT2D eigenvalue weighted by Crippen LogP contribution is 2.46. The van der Waals surface area contributed by atoms with Gasteiger partial charge in [0.25, 0.3) is 0 Å². The number of amides is 1. The molecule has 39 heavy (non-hydrogen) atoms. The molecule has 2 aromatic carbocycles. The first-order chi connectivity index (χ1) is 19.3. The van der Waals surface area contributed by atoms with Crippen molar-refractivity contribution in [2.24, 2.45) is 5.73 Å². The number of aldehydes is 1. The number of carbonyl (C=O) groups is 4. The van der Waals surface area contributed by atoms with Crippen LogP contribution in [0.3, 0.4) is 0 Å². The molecule has 1 unspecified atom stereocenters. The molecule has 0 saturated heterocycles. The quantitative estimate of drug-likeness (QED) is 0.116. The molecule has 1 aliphatic rings. The van der Waals surface area contributed by atoms with Gasteiger partial charge in [0.1, 0.15) is 12.9 Å². The maximum atomic E-state index is 12.9. The van der Waals surface area contributed by atoms with E-state index in [0.29, 0.717) is 54.8 Å². The fraction of sp³-hybridized carbons (Fsp3) is 0.355. The van der Waals surface area contributed by atoms with Gasteiger partial charge in [0, 0.05) is 36.3 Å². The monoisotopic (exact) mass is 534 g/mol. The van der Waals surface area contributed by atoms with Crippen LogP contribution in [0.1, 0.15) is 83.2 Å². The molecule has 2 aromatic rings. The van der Waals surface area contributed by atoms with E-state index in [-0.39, 0.29) is 37.6 Å². The average Bonchev–Trinajstić information content (AvgIpc) is 3.27. The van der Waals surface area contributed by atoms with Gasteiger partial charge in [-0.1, -0.05) is 44.3 Å². The van der Waals surface area contributed by atoms with Crippen LogP contribution in [0.25, 0.3) is 11.1 Å². The summed E-state index contributed by atoms with van der Waals surface area (Å²) in [6, 6.07) is 10.9. The van der Waals surface area contributed by atoms with Crippen LogP contribution in [-0.4, -0.2) is 43.8 Å². The van der Waals surface area contributed by atoms with E-state index in [2.05, 4.69) is 13.2 Å². The van der Waals surface area contributed by atoms with Crippen molar-refractivity contribution in [3.63, 3.8) is 0 Å². The normalized spacial score (nSPS) is 13.4. The molecule has 8 heteroatoms. The van der Waals surface area contributed by atoms with E-state index in [0.717, 1.165) is 28.7 Å². The van der Waals surface area contributed by atoms with Crippen molar-refractivity contribution in [2.45, 2.75) is 51.4 Å². The number of rotatable bonds is 17. The van der Waals surface area contributed by atoms with Crippen molar-refractivity contribution in [3.05, 3.63) is 83.3 Å². The number of primary amides is 1. The minimum atomic E-state index is -0.890. The highest BCUT2D eigenvalue weighted by molar-refractivity contribution is 5.99. The fourth-order valence-electron chi connectivity index (χ4n) is 4.49. The summed E-state index contributed by atoms with van der Waals surface area (Å²) in [7, 11) is 0. The SMILES string of the molecule is [2H]NC(=O)OCC1c2cc(C(=O)CCCOC(=C)CC)ccc2-c2ccc(C(=O)CCCOC(=C)CC=O)cc21. The van der Waals surface area contributed by atoms with Gasteiger partial charge < -0.3 is 24.7 Å². The number of Topliss-reactive ketones (excluding diaryl/α,β-unsaturated/α-hetero) is 2. The van der Waals surface area contributed by atoms with Gasteiger partial charge in [0.05, 0.1) is 31.2 Å². The Morgan fingerprint density at radius 2 is 1.44 bits per heavy atom. The Morgan fingerprint density at radius 1 is 0.897 bits per heavy atom. The second-order valence-corrected chi connectivity index (χ2v) is 9.31. The summed E-state index contributed by atoms with van der Waals surface area (Å²) in [5, 5.41) is 0. The summed E-state index contributed by atoms with van der Waals surface area (Å²) >= 11 is 0. The molecule has 0 spiro atoms. The van der Waals surface area contributed by atoms with Crippen LogP contribution in [0.2, 0.25) is 1.41 Å². The molecule has 8 nitrogen and oxygen atoms in total. The maximum absolute atomic E-state index is 12.9. The highest BCUT2D eigenvalue weighted by Gasteiger charge is 2.31. The van der Waals surface area contributed by atoms with Crippen molar-refractivity contribution < 1.29 is 34.8 Å². The number of carbonyl (C=O) groups excluding carboxylic acids is 4. The van der Waals surface area contributed by atoms with Gasteiger partial charge in [0.15, 0.2) is 13.0 Å². The maximum Gasteiger partial charge on any atom is 0.404 e. The molecular weight excluding hydrogens is 498 g/mol. The zero-order chi connectivity index (χ0) is 29.1. The minimum absolute atomic E-state index is 0.0260. The smallest absolute Gasteiger partial charge is 0.404 e. The third kappa shape index (κ3) is 7.89. The topological polar surface area (TPSA) is 122 Å². The van der Waals surface area contributed by atoms with Gasteiger partial charge in [-0.2, -0.15) is 0 Å². The van der Waals surface area contributed by atoms with Crippen LogP contribution < -0.4 is 5.73 Å². The summed E-state index contributed by atoms with van der Waals surface area (Å²) in [4.78, 5) is 48.1. The second-order valence-electron chi connectivity index (χ2n) is 9.31. The van der Waals surface area contributed by atoms with Gasteiger partial charge in [-0.3, -0.25) is 9.59 Å². The first-order valence-corrected chi connectivity index (χ1v) is 13.0. The van der Waals surface area contributed by atoms with Gasteiger partial charge in [-0.05, 0) is 47.2 Å². The number of hydrogen-bond acceptors (Lipinski definition) is 7. The van der Waals surface area contributed by atoms with Crippen LogP contribution in [0.15, 0.2) is 61.1 Å². The molecule has 1 amide bonds. The second kappa shape index (κ2) is 14.1. The van der Waals surface area contributed by atoms with Crippen LogP contribution >= 0.6 is 0 Å². The van der Waals surface area contributed by atoms with E-state index in [1.807, 2.05) is 25.1 Å². The zero-order valence-electron chi connectivity index (χ0n) is 23.3. The summed E-state index contributed by atoms with van der Waals surface area (Å²) < 4.78 is 23.1. The summed E-state index contributed by atoms with van der Waals surface area (Å²) in [6.07, 6.45) is 2.26. The van der Waals surface area contributed by atoms with Crippen molar-refractivity contribution in [2.75, 3.05) is 19.8 Å². The largest absolute Gasteiger partial charge is 0.499 e. The van der Waals surface area contributed by atoms with Crippen molar-refractivity contribution in [1.82, 2.24) is 0 Å². The van der Waals surface area contributed by atoms with E-state index >= 15 is 0 Å². The van der Waals surface area contributed by atoms with Crippen molar-refractivity contribution in [1.29, 1.82) is 0 Å². The molecule has 0 bridgehead atoms. The van der Waals surface area contributed by atoms with E-state index in [1.54, 1.807) is 23.9 Å². The Kier molecular flexibility index (Phi) is 10.1. The van der Waals surface area contributed by atoms with E-state index in [4.69, 9.17) is 15.6 Å². The molecule has 2 N–H and O–H groups in total. The minimum Gasteiger partial charge on any atom is -0.499 e. The number of fused-ring (bicyclic) bond motifs is 3. The molecule has 0 saturated carbocycles. The van der Waals surface area contributed by atoms with E-state index in [9.17, 15) is 19.2 Å².